The zero-order valence-corrected chi connectivity index (χ0v) is 16.2. The van der Waals surface area contributed by atoms with Gasteiger partial charge in [-0.15, -0.1) is 0 Å². The molecule has 2 aromatic rings. The smallest absolute Gasteiger partial charge is 0.224 e. The van der Waals surface area contributed by atoms with Gasteiger partial charge in [0, 0.05) is 20.5 Å². The van der Waals surface area contributed by atoms with E-state index in [4.69, 9.17) is 4.74 Å². The highest BCUT2D eigenvalue weighted by atomic mass is 19.1. The normalized spacial score (nSPS) is 15.7. The number of amides is 2. The number of fused-ring (bicyclic) bond motifs is 1. The maximum absolute atomic E-state index is 13.6. The molecule has 0 bridgehead atoms. The highest BCUT2D eigenvalue weighted by molar-refractivity contribution is 5.79. The molecule has 2 amide bonds. The second kappa shape index (κ2) is 8.87. The van der Waals surface area contributed by atoms with Crippen LogP contribution in [0, 0.1) is 5.82 Å². The molecule has 1 heterocycles. The lowest BCUT2D eigenvalue weighted by atomic mass is 9.90. The van der Waals surface area contributed by atoms with Crippen molar-refractivity contribution >= 4 is 11.8 Å². The van der Waals surface area contributed by atoms with Gasteiger partial charge in [-0.2, -0.15) is 0 Å². The molecule has 6 heteroatoms. The van der Waals surface area contributed by atoms with Gasteiger partial charge >= 0.3 is 0 Å². The fourth-order valence-electron chi connectivity index (χ4n) is 3.55. The van der Waals surface area contributed by atoms with Gasteiger partial charge in [-0.05, 0) is 29.7 Å². The Morgan fingerprint density at radius 2 is 1.89 bits per heavy atom. The van der Waals surface area contributed by atoms with Crippen LogP contribution in [0.1, 0.15) is 30.5 Å². The molecule has 1 aliphatic heterocycles. The minimum atomic E-state index is -0.424. The van der Waals surface area contributed by atoms with E-state index in [-0.39, 0.29) is 36.6 Å². The monoisotopic (exact) mass is 384 g/mol. The summed E-state index contributed by atoms with van der Waals surface area (Å²) in [6.45, 7) is 2.68. The Hall–Kier alpha value is -2.89. The van der Waals surface area contributed by atoms with Crippen LogP contribution >= 0.6 is 0 Å². The second-order valence-electron chi connectivity index (χ2n) is 6.98. The van der Waals surface area contributed by atoms with Crippen molar-refractivity contribution in [3.8, 4) is 5.75 Å². The Morgan fingerprint density at radius 3 is 2.64 bits per heavy atom. The first kappa shape index (κ1) is 19.9. The van der Waals surface area contributed by atoms with Gasteiger partial charge in [0.1, 0.15) is 6.61 Å². The highest BCUT2D eigenvalue weighted by Crippen LogP contribution is 2.32. The lowest BCUT2D eigenvalue weighted by Crippen LogP contribution is -2.42. The number of para-hydroxylation sites is 1. The number of hydrogen-bond acceptors (Lipinski definition) is 3. The largest absolute Gasteiger partial charge is 0.489 e. The molecule has 1 atom stereocenters. The molecule has 2 aromatic carbocycles. The summed E-state index contributed by atoms with van der Waals surface area (Å²) < 4.78 is 19.0. The fourth-order valence-corrected chi connectivity index (χ4v) is 3.55. The zero-order valence-electron chi connectivity index (χ0n) is 16.2. The average Bonchev–Trinajstić information content (AvgIpc) is 2.69. The summed E-state index contributed by atoms with van der Waals surface area (Å²) in [7, 11) is 1.69. The number of hydrogen-bond donors (Lipinski definition) is 0. The average molecular weight is 384 g/mol. The first-order valence-corrected chi connectivity index (χ1v) is 9.43. The Kier molecular flexibility index (Phi) is 6.29. The van der Waals surface area contributed by atoms with E-state index in [1.165, 1.54) is 18.6 Å². The third-order valence-electron chi connectivity index (χ3n) is 5.13. The first-order chi connectivity index (χ1) is 13.5. The molecule has 1 aliphatic rings. The lowest BCUT2D eigenvalue weighted by Gasteiger charge is -2.37. The SMILES string of the molecule is CC(=O)N1CCc2ccccc2C1CC(=O)N(C)CCOc1ccccc1F. The van der Waals surface area contributed by atoms with E-state index < -0.39 is 5.82 Å². The Labute approximate surface area is 164 Å². The van der Waals surface area contributed by atoms with E-state index in [0.29, 0.717) is 13.1 Å². The molecule has 0 N–H and O–H groups in total. The predicted molar refractivity (Wildman–Crippen MR) is 104 cm³/mol. The molecule has 0 saturated carbocycles. The van der Waals surface area contributed by atoms with Crippen LogP contribution in [0.5, 0.6) is 5.75 Å². The molecule has 1 unspecified atom stereocenters. The van der Waals surface area contributed by atoms with Crippen molar-refractivity contribution in [3.05, 3.63) is 65.5 Å². The van der Waals surface area contributed by atoms with Crippen molar-refractivity contribution in [1.29, 1.82) is 0 Å². The molecular formula is C22H25FN2O3. The van der Waals surface area contributed by atoms with Crippen LogP contribution in [-0.4, -0.2) is 48.4 Å². The fraction of sp³-hybridized carbons (Fsp3) is 0.364. The third kappa shape index (κ3) is 4.50. The summed E-state index contributed by atoms with van der Waals surface area (Å²) in [4.78, 5) is 28.2. The van der Waals surface area contributed by atoms with Crippen molar-refractivity contribution in [3.63, 3.8) is 0 Å². The molecule has 3 rings (SSSR count). The predicted octanol–water partition coefficient (Wildman–Crippen LogP) is 3.20. The number of nitrogens with zero attached hydrogens (tertiary/aromatic N) is 2. The summed E-state index contributed by atoms with van der Waals surface area (Å²) in [5.41, 5.74) is 2.22. The van der Waals surface area contributed by atoms with E-state index in [0.717, 1.165) is 12.0 Å². The van der Waals surface area contributed by atoms with Gasteiger partial charge in [0.05, 0.1) is 19.0 Å². The minimum absolute atomic E-state index is 0.0298. The van der Waals surface area contributed by atoms with Crippen molar-refractivity contribution in [2.24, 2.45) is 0 Å². The van der Waals surface area contributed by atoms with Crippen LogP contribution in [0.3, 0.4) is 0 Å². The summed E-state index contributed by atoms with van der Waals surface area (Å²) in [6.07, 6.45) is 1.01. The zero-order chi connectivity index (χ0) is 20.1. The molecule has 5 nitrogen and oxygen atoms in total. The number of carbonyl (C=O) groups excluding carboxylic acids is 2. The Bertz CT molecular complexity index is 855. The molecule has 148 valence electrons. The number of halogens is 1. The number of likely N-dealkylation sites (N-methyl/N-ethyl adjacent to an activating group) is 1. The molecule has 0 radical (unpaired) electrons. The van der Waals surface area contributed by atoms with Gasteiger partial charge in [-0.1, -0.05) is 36.4 Å². The van der Waals surface area contributed by atoms with Crippen LogP contribution in [0.4, 0.5) is 4.39 Å². The summed E-state index contributed by atoms with van der Waals surface area (Å²) in [5.74, 6) is -0.359. The second-order valence-corrected chi connectivity index (χ2v) is 6.98. The highest BCUT2D eigenvalue weighted by Gasteiger charge is 2.31. The van der Waals surface area contributed by atoms with Gasteiger partial charge in [-0.25, -0.2) is 4.39 Å². The maximum Gasteiger partial charge on any atom is 0.224 e. The quantitative estimate of drug-likeness (QED) is 0.769. The third-order valence-corrected chi connectivity index (χ3v) is 5.13. The maximum atomic E-state index is 13.6. The van der Waals surface area contributed by atoms with E-state index in [1.807, 2.05) is 18.2 Å². The number of benzene rings is 2. The van der Waals surface area contributed by atoms with Gasteiger partial charge in [0.2, 0.25) is 11.8 Å². The van der Waals surface area contributed by atoms with E-state index in [9.17, 15) is 14.0 Å². The van der Waals surface area contributed by atoms with Gasteiger partial charge in [0.15, 0.2) is 11.6 Å². The van der Waals surface area contributed by atoms with Crippen LogP contribution in [0.2, 0.25) is 0 Å². The van der Waals surface area contributed by atoms with Crippen molar-refractivity contribution in [2.75, 3.05) is 26.7 Å². The minimum Gasteiger partial charge on any atom is -0.489 e. The van der Waals surface area contributed by atoms with Crippen LogP contribution in [0.25, 0.3) is 0 Å². The lowest BCUT2D eigenvalue weighted by molar-refractivity contribution is -0.136. The summed E-state index contributed by atoms with van der Waals surface area (Å²) >= 11 is 0. The molecule has 0 aromatic heterocycles. The Morgan fingerprint density at radius 1 is 1.18 bits per heavy atom. The molecule has 0 saturated heterocycles. The number of carbonyl (C=O) groups is 2. The summed E-state index contributed by atoms with van der Waals surface area (Å²) in [6, 6.07) is 13.9. The van der Waals surface area contributed by atoms with Crippen LogP contribution in [0.15, 0.2) is 48.5 Å². The molecule has 0 spiro atoms. The molecule has 0 aliphatic carbocycles. The van der Waals surface area contributed by atoms with Crippen LogP contribution in [-0.2, 0) is 16.0 Å². The summed E-state index contributed by atoms with van der Waals surface area (Å²) in [5, 5.41) is 0. The number of ether oxygens (including phenoxy) is 1. The van der Waals surface area contributed by atoms with E-state index in [2.05, 4.69) is 6.07 Å². The topological polar surface area (TPSA) is 49.9 Å². The molecule has 0 fully saturated rings. The number of rotatable bonds is 6. The Balaban J connectivity index is 1.62. The van der Waals surface area contributed by atoms with Gasteiger partial charge in [0.25, 0.3) is 0 Å². The van der Waals surface area contributed by atoms with Gasteiger partial charge in [-0.3, -0.25) is 9.59 Å². The van der Waals surface area contributed by atoms with Crippen molar-refractivity contribution in [2.45, 2.75) is 25.8 Å². The standard InChI is InChI=1S/C22H25FN2O3/c1-16(26)25-12-11-17-7-3-4-8-18(17)20(25)15-22(27)24(2)13-14-28-21-10-6-5-9-19(21)23/h3-10,20H,11-15H2,1-2H3. The molecular weight excluding hydrogens is 359 g/mol. The van der Waals surface area contributed by atoms with Crippen LogP contribution < -0.4 is 4.74 Å². The first-order valence-electron chi connectivity index (χ1n) is 9.43. The van der Waals surface area contributed by atoms with Crippen molar-refractivity contribution in [1.82, 2.24) is 9.80 Å². The van der Waals surface area contributed by atoms with Crippen molar-refractivity contribution < 1.29 is 18.7 Å². The molecule has 28 heavy (non-hydrogen) atoms. The van der Waals surface area contributed by atoms with E-state index >= 15 is 0 Å². The van der Waals surface area contributed by atoms with Gasteiger partial charge < -0.3 is 14.5 Å². The van der Waals surface area contributed by atoms with E-state index in [1.54, 1.807) is 35.0 Å².